The molecule has 0 spiro atoms. The fourth-order valence-corrected chi connectivity index (χ4v) is 3.89. The topological polar surface area (TPSA) is 88.9 Å². The Balaban J connectivity index is 1.36. The molecule has 146 valence electrons. The second kappa shape index (κ2) is 8.37. The predicted octanol–water partition coefficient (Wildman–Crippen LogP) is 2.11. The minimum absolute atomic E-state index is 0.0402. The number of aryl methyl sites for hydroxylation is 1. The van der Waals surface area contributed by atoms with E-state index in [1.165, 1.54) is 0 Å². The molecule has 1 aliphatic heterocycles. The molecule has 7 nitrogen and oxygen atoms in total. The maximum Gasteiger partial charge on any atom is 0.254 e. The number of hydrogen-bond acceptors (Lipinski definition) is 4. The Bertz CT molecular complexity index is 874. The molecule has 2 N–H and O–H groups in total. The highest BCUT2D eigenvalue weighted by atomic mass is 16.2. The number of carbonyl (C=O) groups is 2. The molecule has 1 aliphatic carbocycles. The van der Waals surface area contributed by atoms with E-state index in [9.17, 15) is 9.59 Å². The van der Waals surface area contributed by atoms with Crippen LogP contribution >= 0.6 is 0 Å². The van der Waals surface area contributed by atoms with Gasteiger partial charge in [0, 0.05) is 31.5 Å². The Hall–Kier alpha value is -2.96. The summed E-state index contributed by atoms with van der Waals surface area (Å²) in [5.41, 5.74) is 2.19. The second-order valence-corrected chi connectivity index (χ2v) is 7.49. The molecule has 0 bridgehead atoms. The number of rotatable bonds is 5. The van der Waals surface area contributed by atoms with Crippen LogP contribution in [0.2, 0.25) is 0 Å². The average molecular weight is 379 g/mol. The van der Waals surface area contributed by atoms with Crippen LogP contribution in [-0.4, -0.2) is 39.2 Å². The molecule has 2 atom stereocenters. The van der Waals surface area contributed by atoms with E-state index in [4.69, 9.17) is 0 Å². The molecule has 0 aromatic carbocycles. The summed E-state index contributed by atoms with van der Waals surface area (Å²) in [7, 11) is 0. The number of nitrogens with one attached hydrogen (secondary N) is 2. The van der Waals surface area contributed by atoms with Gasteiger partial charge in [0.25, 0.3) is 11.8 Å². The summed E-state index contributed by atoms with van der Waals surface area (Å²) in [5, 5.41) is 10.5. The molecule has 0 fully saturated rings. The van der Waals surface area contributed by atoms with Gasteiger partial charge in [0.15, 0.2) is 0 Å². The van der Waals surface area contributed by atoms with Gasteiger partial charge in [0.2, 0.25) is 0 Å². The minimum atomic E-state index is -0.115. The molecule has 7 heteroatoms. The Morgan fingerprint density at radius 3 is 2.89 bits per heavy atom. The Morgan fingerprint density at radius 1 is 1.18 bits per heavy atom. The molecule has 0 unspecified atom stereocenters. The highest BCUT2D eigenvalue weighted by molar-refractivity contribution is 5.95. The van der Waals surface area contributed by atoms with Crippen LogP contribution in [0.4, 0.5) is 0 Å². The highest BCUT2D eigenvalue weighted by Gasteiger charge is 2.26. The van der Waals surface area contributed by atoms with Crippen molar-refractivity contribution in [3.63, 3.8) is 0 Å². The van der Waals surface area contributed by atoms with Crippen LogP contribution < -0.4 is 10.6 Å². The molecule has 0 saturated carbocycles. The predicted molar refractivity (Wildman–Crippen MR) is 105 cm³/mol. The zero-order valence-corrected chi connectivity index (χ0v) is 15.8. The van der Waals surface area contributed by atoms with Crippen LogP contribution in [0.15, 0.2) is 42.9 Å². The first kappa shape index (κ1) is 18.4. The van der Waals surface area contributed by atoms with Gasteiger partial charge in [0.1, 0.15) is 0 Å². The summed E-state index contributed by atoms with van der Waals surface area (Å²) >= 11 is 0. The van der Waals surface area contributed by atoms with Crippen molar-refractivity contribution in [1.82, 2.24) is 25.4 Å². The van der Waals surface area contributed by atoms with Gasteiger partial charge in [-0.15, -0.1) is 0 Å². The van der Waals surface area contributed by atoms with Gasteiger partial charge in [0.05, 0.1) is 23.0 Å². The zero-order valence-electron chi connectivity index (χ0n) is 15.8. The van der Waals surface area contributed by atoms with E-state index in [1.54, 1.807) is 30.7 Å². The number of nitrogens with zero attached hydrogens (tertiary/aromatic N) is 3. The van der Waals surface area contributed by atoms with Crippen LogP contribution in [-0.2, 0) is 13.0 Å². The summed E-state index contributed by atoms with van der Waals surface area (Å²) in [5.74, 6) is 0.131. The molecule has 2 amide bonds. The number of allylic oxidation sites excluding steroid dienone is 1. The third-order valence-electron chi connectivity index (χ3n) is 5.50. The molecule has 2 aromatic rings. The fraction of sp³-hybridized carbons (Fsp3) is 0.429. The number of pyridine rings is 1. The Morgan fingerprint density at radius 2 is 2.11 bits per heavy atom. The average Bonchev–Trinajstić information content (AvgIpc) is 3.17. The Labute approximate surface area is 164 Å². The maximum absolute atomic E-state index is 12.7. The lowest BCUT2D eigenvalue weighted by atomic mass is 9.93. The van der Waals surface area contributed by atoms with Gasteiger partial charge in [-0.3, -0.25) is 19.3 Å². The van der Waals surface area contributed by atoms with Gasteiger partial charge >= 0.3 is 0 Å². The molecule has 2 aliphatic rings. The number of amides is 2. The van der Waals surface area contributed by atoms with Crippen molar-refractivity contribution in [1.29, 1.82) is 0 Å². The van der Waals surface area contributed by atoms with Crippen molar-refractivity contribution in [2.45, 2.75) is 44.7 Å². The summed E-state index contributed by atoms with van der Waals surface area (Å²) in [6, 6.07) is 3.70. The highest BCUT2D eigenvalue weighted by Crippen LogP contribution is 2.23. The molecule has 28 heavy (non-hydrogen) atoms. The van der Waals surface area contributed by atoms with Crippen molar-refractivity contribution in [2.75, 3.05) is 6.54 Å². The molecule has 4 rings (SSSR count). The Kier molecular flexibility index (Phi) is 5.50. The molecular formula is C21H25N5O2. The number of hydrogen-bond donors (Lipinski definition) is 2. The first-order valence-electron chi connectivity index (χ1n) is 9.89. The summed E-state index contributed by atoms with van der Waals surface area (Å²) in [6.07, 6.45) is 13.7. The van der Waals surface area contributed by atoms with E-state index >= 15 is 0 Å². The van der Waals surface area contributed by atoms with Crippen molar-refractivity contribution in [3.8, 4) is 0 Å². The van der Waals surface area contributed by atoms with E-state index in [2.05, 4.69) is 32.9 Å². The lowest BCUT2D eigenvalue weighted by Gasteiger charge is -2.25. The van der Waals surface area contributed by atoms with E-state index in [0.717, 1.165) is 44.3 Å². The lowest BCUT2D eigenvalue weighted by molar-refractivity contribution is 0.0924. The third kappa shape index (κ3) is 4.13. The first-order chi connectivity index (χ1) is 13.7. The smallest absolute Gasteiger partial charge is 0.254 e. The van der Waals surface area contributed by atoms with E-state index in [-0.39, 0.29) is 23.8 Å². The normalized spacial score (nSPS) is 21.0. The van der Waals surface area contributed by atoms with Crippen molar-refractivity contribution >= 4 is 11.8 Å². The number of aromatic nitrogens is 3. The van der Waals surface area contributed by atoms with Crippen molar-refractivity contribution in [3.05, 3.63) is 59.7 Å². The molecule has 0 saturated heterocycles. The molecular weight excluding hydrogens is 354 g/mol. The molecule has 0 radical (unpaired) electrons. The van der Waals surface area contributed by atoms with Crippen LogP contribution in [0.1, 0.15) is 52.1 Å². The van der Waals surface area contributed by atoms with Crippen LogP contribution in [0.5, 0.6) is 0 Å². The SMILES string of the molecule is O=C(NC[C@H]1CCn2ncc(C(=O)N[C@H]3CC=CCC3)c2C1)c1cccnc1. The van der Waals surface area contributed by atoms with Gasteiger partial charge in [-0.25, -0.2) is 0 Å². The standard InChI is InChI=1S/C21H25N5O2/c27-20(16-5-4-9-22-13-16)23-12-15-8-10-26-19(11-15)18(14-24-26)21(28)25-17-6-2-1-3-7-17/h1-2,4-5,9,13-15,17H,3,6-8,10-12H2,(H,23,27)(H,25,28)/t15-,17-/m0/s1. The number of carbonyl (C=O) groups excluding carboxylic acids is 2. The maximum atomic E-state index is 12.7. The summed E-state index contributed by atoms with van der Waals surface area (Å²) in [6.45, 7) is 1.34. The summed E-state index contributed by atoms with van der Waals surface area (Å²) in [4.78, 5) is 29.0. The monoisotopic (exact) mass is 379 g/mol. The van der Waals surface area contributed by atoms with Gasteiger partial charge < -0.3 is 10.6 Å². The largest absolute Gasteiger partial charge is 0.352 e. The molecule has 2 aromatic heterocycles. The van der Waals surface area contributed by atoms with E-state index < -0.39 is 0 Å². The van der Waals surface area contributed by atoms with Crippen molar-refractivity contribution < 1.29 is 9.59 Å². The van der Waals surface area contributed by atoms with Crippen LogP contribution in [0, 0.1) is 5.92 Å². The number of fused-ring (bicyclic) bond motifs is 1. The van der Waals surface area contributed by atoms with Crippen molar-refractivity contribution in [2.24, 2.45) is 5.92 Å². The minimum Gasteiger partial charge on any atom is -0.352 e. The van der Waals surface area contributed by atoms with Crippen LogP contribution in [0.25, 0.3) is 0 Å². The second-order valence-electron chi connectivity index (χ2n) is 7.49. The third-order valence-corrected chi connectivity index (χ3v) is 5.50. The fourth-order valence-electron chi connectivity index (χ4n) is 3.89. The van der Waals surface area contributed by atoms with E-state index in [0.29, 0.717) is 17.7 Å². The molecule has 3 heterocycles. The lowest BCUT2D eigenvalue weighted by Crippen LogP contribution is -2.37. The van der Waals surface area contributed by atoms with Gasteiger partial charge in [-0.2, -0.15) is 5.10 Å². The van der Waals surface area contributed by atoms with Gasteiger partial charge in [-0.05, 0) is 50.2 Å². The first-order valence-corrected chi connectivity index (χ1v) is 9.89. The summed E-state index contributed by atoms with van der Waals surface area (Å²) < 4.78 is 1.93. The van der Waals surface area contributed by atoms with Crippen LogP contribution in [0.3, 0.4) is 0 Å². The van der Waals surface area contributed by atoms with E-state index in [1.807, 2.05) is 4.68 Å². The van der Waals surface area contributed by atoms with Gasteiger partial charge in [-0.1, -0.05) is 12.2 Å². The zero-order chi connectivity index (χ0) is 19.3. The quantitative estimate of drug-likeness (QED) is 0.779.